The van der Waals surface area contributed by atoms with Crippen LogP contribution in [0.25, 0.3) is 0 Å². The summed E-state index contributed by atoms with van der Waals surface area (Å²) in [7, 11) is 1.32. The van der Waals surface area contributed by atoms with Crippen LogP contribution < -0.4 is 15.4 Å². The lowest BCUT2D eigenvalue weighted by atomic mass is 10.2. The predicted molar refractivity (Wildman–Crippen MR) is 100 cm³/mol. The number of rotatable bonds is 7. The number of amides is 1. The summed E-state index contributed by atoms with van der Waals surface area (Å²) in [6.45, 7) is 0.375. The molecule has 2 N–H and O–H groups in total. The number of hydrogen-bond donors (Lipinski definition) is 2. The lowest BCUT2D eigenvalue weighted by molar-refractivity contribution is -0.384. The summed E-state index contributed by atoms with van der Waals surface area (Å²) in [6, 6.07) is 12.7. The van der Waals surface area contributed by atoms with E-state index in [-0.39, 0.29) is 22.7 Å². The number of non-ortho nitro benzene ring substituents is 1. The van der Waals surface area contributed by atoms with Crippen LogP contribution in [0.3, 0.4) is 0 Å². The quantitative estimate of drug-likeness (QED) is 0.326. The van der Waals surface area contributed by atoms with Crippen molar-refractivity contribution in [2.45, 2.75) is 6.54 Å². The Labute approximate surface area is 160 Å². The molecule has 2 rings (SSSR count). The molecule has 0 spiro atoms. The molecule has 0 aromatic heterocycles. The van der Waals surface area contributed by atoms with Gasteiger partial charge in [0.1, 0.15) is 17.4 Å². The lowest BCUT2D eigenvalue weighted by Gasteiger charge is -2.09. The van der Waals surface area contributed by atoms with Crippen LogP contribution in [0, 0.1) is 21.4 Å². The lowest BCUT2D eigenvalue weighted by Crippen LogP contribution is -2.17. The van der Waals surface area contributed by atoms with E-state index in [0.29, 0.717) is 11.6 Å². The standard InChI is InChI=1S/C18H15ClN4O4/c1-27-17-8-15(23(25)26)5-6-16(17)22-18(24)13(9-20)11-21-10-12-3-2-4-14(19)7-12/h2-8,11,21H,10H2,1H3,(H,22,24)/b13-11-. The number of ether oxygens (including phenoxy) is 1. The number of hydrogen-bond acceptors (Lipinski definition) is 6. The molecule has 0 radical (unpaired) electrons. The van der Waals surface area contributed by atoms with Gasteiger partial charge in [-0.3, -0.25) is 14.9 Å². The van der Waals surface area contributed by atoms with E-state index in [1.807, 2.05) is 6.07 Å². The highest BCUT2D eigenvalue weighted by Gasteiger charge is 2.15. The summed E-state index contributed by atoms with van der Waals surface area (Å²) in [5.41, 5.74) is 0.749. The highest BCUT2D eigenvalue weighted by atomic mass is 35.5. The minimum Gasteiger partial charge on any atom is -0.494 e. The van der Waals surface area contributed by atoms with E-state index in [2.05, 4.69) is 10.6 Å². The summed E-state index contributed by atoms with van der Waals surface area (Å²) >= 11 is 5.90. The molecule has 2 aromatic carbocycles. The monoisotopic (exact) mass is 386 g/mol. The van der Waals surface area contributed by atoms with E-state index in [1.165, 1.54) is 31.5 Å². The molecule has 0 aliphatic rings. The first-order chi connectivity index (χ1) is 12.9. The minimum atomic E-state index is -0.678. The smallest absolute Gasteiger partial charge is 0.273 e. The van der Waals surface area contributed by atoms with E-state index in [4.69, 9.17) is 16.3 Å². The van der Waals surface area contributed by atoms with Crippen molar-refractivity contribution in [3.05, 3.63) is 74.9 Å². The first-order valence-electron chi connectivity index (χ1n) is 7.66. The van der Waals surface area contributed by atoms with Gasteiger partial charge in [0, 0.05) is 23.8 Å². The number of carbonyl (C=O) groups excluding carboxylic acids is 1. The third-order valence-corrected chi connectivity index (χ3v) is 3.69. The maximum atomic E-state index is 12.3. The number of nitro groups is 1. The summed E-state index contributed by atoms with van der Waals surface area (Å²) in [5.74, 6) is -0.565. The van der Waals surface area contributed by atoms with Crippen LogP contribution in [-0.4, -0.2) is 17.9 Å². The number of nitrogens with one attached hydrogen (secondary N) is 2. The zero-order chi connectivity index (χ0) is 19.8. The number of nitro benzene ring substituents is 1. The Morgan fingerprint density at radius 1 is 1.37 bits per heavy atom. The molecule has 1 amide bonds. The number of methoxy groups -OCH3 is 1. The SMILES string of the molecule is COc1cc([N+](=O)[O-])ccc1NC(=O)/C(C#N)=C\NCc1cccc(Cl)c1. The van der Waals surface area contributed by atoms with E-state index >= 15 is 0 Å². The molecular formula is C18H15ClN4O4. The molecule has 0 bridgehead atoms. The van der Waals surface area contributed by atoms with Crippen LogP contribution in [0.4, 0.5) is 11.4 Å². The fraction of sp³-hybridized carbons (Fsp3) is 0.111. The van der Waals surface area contributed by atoms with Crippen molar-refractivity contribution in [2.24, 2.45) is 0 Å². The molecule has 138 valence electrons. The van der Waals surface area contributed by atoms with Crippen LogP contribution in [0.15, 0.2) is 54.2 Å². The van der Waals surface area contributed by atoms with Gasteiger partial charge in [-0.25, -0.2) is 0 Å². The van der Waals surface area contributed by atoms with Crippen molar-refractivity contribution < 1.29 is 14.5 Å². The number of nitrogens with zero attached hydrogens (tertiary/aromatic N) is 2. The van der Waals surface area contributed by atoms with Gasteiger partial charge in [0.2, 0.25) is 0 Å². The van der Waals surface area contributed by atoms with Gasteiger partial charge in [0.05, 0.1) is 23.8 Å². The molecule has 0 saturated heterocycles. The summed E-state index contributed by atoms with van der Waals surface area (Å²) < 4.78 is 5.05. The largest absolute Gasteiger partial charge is 0.494 e. The van der Waals surface area contributed by atoms with E-state index < -0.39 is 10.8 Å². The summed E-state index contributed by atoms with van der Waals surface area (Å²) in [4.78, 5) is 22.5. The summed E-state index contributed by atoms with van der Waals surface area (Å²) in [6.07, 6.45) is 1.29. The van der Waals surface area contributed by atoms with Crippen molar-refractivity contribution in [1.29, 1.82) is 5.26 Å². The number of anilines is 1. The fourth-order valence-corrected chi connectivity index (χ4v) is 2.37. The van der Waals surface area contributed by atoms with Gasteiger partial charge in [-0.2, -0.15) is 5.26 Å². The van der Waals surface area contributed by atoms with E-state index in [9.17, 15) is 20.2 Å². The number of benzene rings is 2. The zero-order valence-corrected chi connectivity index (χ0v) is 15.0. The molecule has 27 heavy (non-hydrogen) atoms. The van der Waals surface area contributed by atoms with Crippen LogP contribution >= 0.6 is 11.6 Å². The molecule has 0 aliphatic heterocycles. The minimum absolute atomic E-state index is 0.113. The molecule has 8 nitrogen and oxygen atoms in total. The third-order valence-electron chi connectivity index (χ3n) is 3.45. The Kier molecular flexibility index (Phi) is 6.74. The van der Waals surface area contributed by atoms with E-state index in [0.717, 1.165) is 5.56 Å². The Morgan fingerprint density at radius 2 is 2.15 bits per heavy atom. The van der Waals surface area contributed by atoms with Crippen LogP contribution in [0.1, 0.15) is 5.56 Å². The van der Waals surface area contributed by atoms with Gasteiger partial charge < -0.3 is 15.4 Å². The Hall–Kier alpha value is -3.57. The Morgan fingerprint density at radius 3 is 2.78 bits per heavy atom. The molecule has 0 fully saturated rings. The van der Waals surface area contributed by atoms with Gasteiger partial charge in [0.25, 0.3) is 11.6 Å². The molecule has 0 unspecified atom stereocenters. The maximum absolute atomic E-state index is 12.3. The molecular weight excluding hydrogens is 372 g/mol. The molecule has 2 aromatic rings. The van der Waals surface area contributed by atoms with Crippen LogP contribution in [0.2, 0.25) is 5.02 Å². The number of carbonyl (C=O) groups is 1. The van der Waals surface area contributed by atoms with Crippen molar-refractivity contribution in [3.63, 3.8) is 0 Å². The van der Waals surface area contributed by atoms with Gasteiger partial charge >= 0.3 is 0 Å². The van der Waals surface area contributed by atoms with Crippen molar-refractivity contribution in [3.8, 4) is 11.8 Å². The molecule has 0 saturated carbocycles. The summed E-state index contributed by atoms with van der Waals surface area (Å²) in [5, 5.41) is 26.0. The predicted octanol–water partition coefficient (Wildman–Crippen LogP) is 3.39. The number of nitriles is 1. The topological polar surface area (TPSA) is 117 Å². The third kappa shape index (κ3) is 5.45. The van der Waals surface area contributed by atoms with Gasteiger partial charge in [-0.1, -0.05) is 23.7 Å². The first kappa shape index (κ1) is 19.8. The molecule has 0 heterocycles. The molecule has 0 aliphatic carbocycles. The molecule has 0 atom stereocenters. The average molecular weight is 387 g/mol. The highest BCUT2D eigenvalue weighted by molar-refractivity contribution is 6.30. The van der Waals surface area contributed by atoms with E-state index in [1.54, 1.807) is 24.3 Å². The fourth-order valence-electron chi connectivity index (χ4n) is 2.15. The Balaban J connectivity index is 2.08. The van der Waals surface area contributed by atoms with Crippen LogP contribution in [0.5, 0.6) is 5.75 Å². The second-order valence-corrected chi connectivity index (χ2v) is 5.71. The maximum Gasteiger partial charge on any atom is 0.273 e. The molecule has 9 heteroatoms. The normalized spacial score (nSPS) is 10.6. The second-order valence-electron chi connectivity index (χ2n) is 5.28. The number of halogens is 1. The zero-order valence-electron chi connectivity index (χ0n) is 14.2. The first-order valence-corrected chi connectivity index (χ1v) is 8.04. The second kappa shape index (κ2) is 9.22. The van der Waals surface area contributed by atoms with Gasteiger partial charge in [-0.15, -0.1) is 0 Å². The van der Waals surface area contributed by atoms with Crippen LogP contribution in [-0.2, 0) is 11.3 Å². The van der Waals surface area contributed by atoms with Crippen molar-refractivity contribution in [2.75, 3.05) is 12.4 Å². The van der Waals surface area contributed by atoms with Crippen molar-refractivity contribution >= 4 is 28.9 Å². The Bertz CT molecular complexity index is 937. The van der Waals surface area contributed by atoms with Gasteiger partial charge in [0.15, 0.2) is 0 Å². The van der Waals surface area contributed by atoms with Gasteiger partial charge in [-0.05, 0) is 23.8 Å². The van der Waals surface area contributed by atoms with Crippen molar-refractivity contribution in [1.82, 2.24) is 5.32 Å². The average Bonchev–Trinajstić information content (AvgIpc) is 2.65. The highest BCUT2D eigenvalue weighted by Crippen LogP contribution is 2.29.